The number of carbonyl (C=O) groups is 1. The number of methoxy groups -OCH3 is 1. The molecule has 0 fully saturated rings. The van der Waals surface area contributed by atoms with Crippen molar-refractivity contribution in [1.82, 2.24) is 5.43 Å². The van der Waals surface area contributed by atoms with Crippen LogP contribution in [0.3, 0.4) is 0 Å². The fraction of sp³-hybridized carbons (Fsp3) is 0.222. The minimum Gasteiger partial charge on any atom is -0.497 e. The summed E-state index contributed by atoms with van der Waals surface area (Å²) in [6.45, 7) is 0. The van der Waals surface area contributed by atoms with Gasteiger partial charge in [-0.3, -0.25) is 4.79 Å². The molecule has 0 saturated carbocycles. The standard InChI is InChI=1S/C18H20N2O2/c1-22-17-11-9-16(10-12-17)14-18(21)20-19-13-5-8-15-6-3-2-4-7-15/h2-4,6-7,9-13H,5,8,14H2,1H3,(H,20,21)/b19-13+. The lowest BCUT2D eigenvalue weighted by Gasteiger charge is -2.02. The van der Waals surface area contributed by atoms with E-state index in [0.29, 0.717) is 6.42 Å². The number of nitrogens with zero attached hydrogens (tertiary/aromatic N) is 1. The maximum absolute atomic E-state index is 11.7. The van der Waals surface area contributed by atoms with Crippen molar-refractivity contribution in [2.75, 3.05) is 7.11 Å². The number of hydrazone groups is 1. The lowest BCUT2D eigenvalue weighted by Crippen LogP contribution is -2.19. The van der Waals surface area contributed by atoms with Crippen LogP contribution in [0.25, 0.3) is 0 Å². The number of carbonyl (C=O) groups excluding carboxylic acids is 1. The van der Waals surface area contributed by atoms with Crippen molar-refractivity contribution in [1.29, 1.82) is 0 Å². The van der Waals surface area contributed by atoms with Gasteiger partial charge in [-0.2, -0.15) is 5.10 Å². The molecule has 114 valence electrons. The molecule has 1 N–H and O–H groups in total. The van der Waals surface area contributed by atoms with Crippen LogP contribution in [-0.4, -0.2) is 19.2 Å². The average molecular weight is 296 g/mol. The fourth-order valence-corrected chi connectivity index (χ4v) is 2.03. The van der Waals surface area contributed by atoms with Crippen LogP contribution in [0.15, 0.2) is 59.7 Å². The van der Waals surface area contributed by atoms with Crippen molar-refractivity contribution in [2.45, 2.75) is 19.3 Å². The van der Waals surface area contributed by atoms with Gasteiger partial charge in [-0.05, 0) is 36.1 Å². The molecule has 1 amide bonds. The molecule has 0 aliphatic carbocycles. The van der Waals surface area contributed by atoms with Crippen LogP contribution in [0.4, 0.5) is 0 Å². The Morgan fingerprint density at radius 2 is 1.82 bits per heavy atom. The Labute approximate surface area is 130 Å². The van der Waals surface area contributed by atoms with Crippen LogP contribution in [0, 0.1) is 0 Å². The van der Waals surface area contributed by atoms with Gasteiger partial charge in [-0.15, -0.1) is 0 Å². The van der Waals surface area contributed by atoms with E-state index in [-0.39, 0.29) is 5.91 Å². The van der Waals surface area contributed by atoms with Crippen LogP contribution in [0.2, 0.25) is 0 Å². The van der Waals surface area contributed by atoms with Crippen molar-refractivity contribution in [3.8, 4) is 5.75 Å². The van der Waals surface area contributed by atoms with Crippen molar-refractivity contribution < 1.29 is 9.53 Å². The molecule has 0 saturated heterocycles. The first-order chi connectivity index (χ1) is 10.8. The summed E-state index contributed by atoms with van der Waals surface area (Å²) in [6.07, 6.45) is 3.75. The molecular weight excluding hydrogens is 276 g/mol. The summed E-state index contributed by atoms with van der Waals surface area (Å²) in [5.41, 5.74) is 4.74. The quantitative estimate of drug-likeness (QED) is 0.631. The van der Waals surface area contributed by atoms with Crippen LogP contribution in [0.5, 0.6) is 5.75 Å². The van der Waals surface area contributed by atoms with Crippen LogP contribution >= 0.6 is 0 Å². The summed E-state index contributed by atoms with van der Waals surface area (Å²) in [5, 5.41) is 3.97. The molecule has 0 heterocycles. The van der Waals surface area contributed by atoms with Crippen molar-refractivity contribution in [2.24, 2.45) is 5.10 Å². The zero-order valence-corrected chi connectivity index (χ0v) is 12.7. The van der Waals surface area contributed by atoms with Gasteiger partial charge in [0.25, 0.3) is 0 Å². The summed E-state index contributed by atoms with van der Waals surface area (Å²) >= 11 is 0. The van der Waals surface area contributed by atoms with Gasteiger partial charge in [0.05, 0.1) is 13.5 Å². The first-order valence-electron chi connectivity index (χ1n) is 7.25. The third kappa shape index (κ3) is 5.40. The summed E-state index contributed by atoms with van der Waals surface area (Å²) in [7, 11) is 1.62. The molecule has 4 heteroatoms. The molecule has 0 aliphatic rings. The number of rotatable bonds is 7. The Balaban J connectivity index is 1.69. The smallest absolute Gasteiger partial charge is 0.244 e. The van der Waals surface area contributed by atoms with E-state index in [1.807, 2.05) is 42.5 Å². The molecule has 0 bridgehead atoms. The molecule has 2 rings (SSSR count). The lowest BCUT2D eigenvalue weighted by atomic mass is 10.1. The Morgan fingerprint density at radius 3 is 2.50 bits per heavy atom. The van der Waals surface area contributed by atoms with Crippen molar-refractivity contribution >= 4 is 12.1 Å². The van der Waals surface area contributed by atoms with Crippen LogP contribution in [0.1, 0.15) is 17.5 Å². The monoisotopic (exact) mass is 296 g/mol. The Bertz CT molecular complexity index is 607. The predicted molar refractivity (Wildman–Crippen MR) is 88.1 cm³/mol. The highest BCUT2D eigenvalue weighted by atomic mass is 16.5. The minimum atomic E-state index is -0.124. The zero-order chi connectivity index (χ0) is 15.6. The van der Waals surface area contributed by atoms with Gasteiger partial charge in [0.1, 0.15) is 5.75 Å². The largest absolute Gasteiger partial charge is 0.497 e. The number of hydrogen-bond acceptors (Lipinski definition) is 3. The van der Waals surface area contributed by atoms with E-state index in [0.717, 1.165) is 24.2 Å². The van der Waals surface area contributed by atoms with Gasteiger partial charge < -0.3 is 4.74 Å². The first kappa shape index (κ1) is 15.8. The van der Waals surface area contributed by atoms with E-state index >= 15 is 0 Å². The van der Waals surface area contributed by atoms with Crippen molar-refractivity contribution in [3.05, 3.63) is 65.7 Å². The molecule has 0 unspecified atom stereocenters. The first-order valence-corrected chi connectivity index (χ1v) is 7.25. The number of ether oxygens (including phenoxy) is 1. The molecule has 0 aromatic heterocycles. The van der Waals surface area contributed by atoms with Gasteiger partial charge >= 0.3 is 0 Å². The van der Waals surface area contributed by atoms with E-state index in [4.69, 9.17) is 4.74 Å². The van der Waals surface area contributed by atoms with E-state index in [1.54, 1.807) is 13.3 Å². The summed E-state index contributed by atoms with van der Waals surface area (Å²) in [6, 6.07) is 17.6. The molecule has 2 aromatic carbocycles. The van der Waals surface area contributed by atoms with Crippen LogP contribution < -0.4 is 10.2 Å². The number of nitrogens with one attached hydrogen (secondary N) is 1. The van der Waals surface area contributed by atoms with E-state index in [1.165, 1.54) is 5.56 Å². The zero-order valence-electron chi connectivity index (χ0n) is 12.7. The molecule has 0 aliphatic heterocycles. The second-order valence-electron chi connectivity index (χ2n) is 4.90. The van der Waals surface area contributed by atoms with Gasteiger partial charge in [-0.25, -0.2) is 5.43 Å². The molecule has 0 atom stereocenters. The highest BCUT2D eigenvalue weighted by molar-refractivity contribution is 5.79. The lowest BCUT2D eigenvalue weighted by molar-refractivity contribution is -0.120. The molecule has 0 spiro atoms. The Kier molecular flexibility index (Phi) is 6.18. The highest BCUT2D eigenvalue weighted by Gasteiger charge is 2.02. The van der Waals surface area contributed by atoms with E-state index in [9.17, 15) is 4.79 Å². The summed E-state index contributed by atoms with van der Waals surface area (Å²) in [4.78, 5) is 11.7. The summed E-state index contributed by atoms with van der Waals surface area (Å²) < 4.78 is 5.08. The number of aryl methyl sites for hydroxylation is 1. The highest BCUT2D eigenvalue weighted by Crippen LogP contribution is 2.11. The topological polar surface area (TPSA) is 50.7 Å². The maximum Gasteiger partial charge on any atom is 0.244 e. The molecule has 22 heavy (non-hydrogen) atoms. The van der Waals surface area contributed by atoms with E-state index < -0.39 is 0 Å². The second-order valence-corrected chi connectivity index (χ2v) is 4.90. The molecular formula is C18H20N2O2. The van der Waals surface area contributed by atoms with Crippen molar-refractivity contribution in [3.63, 3.8) is 0 Å². The predicted octanol–water partition coefficient (Wildman–Crippen LogP) is 2.97. The number of benzene rings is 2. The number of hydrogen-bond donors (Lipinski definition) is 1. The van der Waals surface area contributed by atoms with E-state index in [2.05, 4.69) is 22.7 Å². The number of amides is 1. The molecule has 0 radical (unpaired) electrons. The third-order valence-corrected chi connectivity index (χ3v) is 3.21. The van der Waals surface area contributed by atoms with Gasteiger partial charge in [-0.1, -0.05) is 42.5 Å². The van der Waals surface area contributed by atoms with Gasteiger partial charge in [0.15, 0.2) is 0 Å². The summed E-state index contributed by atoms with van der Waals surface area (Å²) in [5.74, 6) is 0.657. The Morgan fingerprint density at radius 1 is 1.09 bits per heavy atom. The maximum atomic E-state index is 11.7. The molecule has 2 aromatic rings. The minimum absolute atomic E-state index is 0.124. The Hall–Kier alpha value is -2.62. The fourth-order valence-electron chi connectivity index (χ4n) is 2.03. The van der Waals surface area contributed by atoms with Gasteiger partial charge in [0, 0.05) is 6.21 Å². The normalized spacial score (nSPS) is 10.6. The average Bonchev–Trinajstić information content (AvgIpc) is 2.56. The SMILES string of the molecule is COc1ccc(CC(=O)N/N=C/CCc2ccccc2)cc1. The third-order valence-electron chi connectivity index (χ3n) is 3.21. The molecule has 4 nitrogen and oxygen atoms in total. The van der Waals surface area contributed by atoms with Crippen LogP contribution in [-0.2, 0) is 17.6 Å². The van der Waals surface area contributed by atoms with Gasteiger partial charge in [0.2, 0.25) is 5.91 Å². The second kappa shape index (κ2) is 8.62.